The van der Waals surface area contributed by atoms with Crippen molar-refractivity contribution in [3.63, 3.8) is 0 Å². The summed E-state index contributed by atoms with van der Waals surface area (Å²) >= 11 is 3.47. The van der Waals surface area contributed by atoms with Gasteiger partial charge in [-0.1, -0.05) is 45.3 Å². The number of anilines is 1. The minimum atomic E-state index is -0.0828. The van der Waals surface area contributed by atoms with Gasteiger partial charge in [0.15, 0.2) is 0 Å². The Morgan fingerprint density at radius 2 is 1.88 bits per heavy atom. The number of aromatic nitrogens is 4. The highest BCUT2D eigenvalue weighted by molar-refractivity contribution is 9.10. The van der Waals surface area contributed by atoms with Gasteiger partial charge in [-0.15, -0.1) is 0 Å². The van der Waals surface area contributed by atoms with E-state index in [9.17, 15) is 0 Å². The molecule has 7 heteroatoms. The molecule has 6 nitrogen and oxygen atoms in total. The molecule has 1 aliphatic heterocycles. The number of hydrogen-bond donors (Lipinski definition) is 1. The molecule has 1 aromatic heterocycles. The van der Waals surface area contributed by atoms with Crippen molar-refractivity contribution in [2.75, 3.05) is 11.9 Å². The molecule has 0 amide bonds. The maximum Gasteiger partial charge on any atom is 0.248 e. The minimum absolute atomic E-state index is 0.0828. The van der Waals surface area contributed by atoms with E-state index in [4.69, 9.17) is 4.74 Å². The molecule has 126 valence electrons. The first-order valence-corrected chi connectivity index (χ1v) is 8.79. The third-order valence-corrected chi connectivity index (χ3v) is 4.54. The van der Waals surface area contributed by atoms with Gasteiger partial charge in [0.05, 0.1) is 6.61 Å². The van der Waals surface area contributed by atoms with Crippen LogP contribution in [0.5, 0.6) is 5.75 Å². The largest absolute Gasteiger partial charge is 0.494 e. The van der Waals surface area contributed by atoms with Gasteiger partial charge < -0.3 is 10.1 Å². The molecule has 2 aromatic carbocycles. The molecular formula is C18H16BrN5O. The zero-order valence-corrected chi connectivity index (χ0v) is 15.1. The summed E-state index contributed by atoms with van der Waals surface area (Å²) in [5, 5.41) is 15.3. The van der Waals surface area contributed by atoms with Crippen LogP contribution in [0.3, 0.4) is 0 Å². The Hall–Kier alpha value is -2.67. The number of allylic oxidation sites excluding steroid dienone is 1. The number of rotatable bonds is 4. The molecular weight excluding hydrogens is 382 g/mol. The van der Waals surface area contributed by atoms with Crippen LogP contribution in [0.25, 0.3) is 5.70 Å². The van der Waals surface area contributed by atoms with Crippen LogP contribution in [-0.2, 0) is 0 Å². The van der Waals surface area contributed by atoms with Crippen molar-refractivity contribution in [1.29, 1.82) is 0 Å². The van der Waals surface area contributed by atoms with E-state index in [1.54, 1.807) is 4.68 Å². The zero-order chi connectivity index (χ0) is 17.2. The Balaban J connectivity index is 1.73. The van der Waals surface area contributed by atoms with Crippen molar-refractivity contribution in [2.24, 2.45) is 0 Å². The van der Waals surface area contributed by atoms with Crippen molar-refractivity contribution >= 4 is 27.6 Å². The summed E-state index contributed by atoms with van der Waals surface area (Å²) in [5.74, 6) is 1.48. The van der Waals surface area contributed by atoms with E-state index in [-0.39, 0.29) is 6.04 Å². The number of nitrogens with one attached hydrogen (secondary N) is 1. The molecule has 0 saturated carbocycles. The molecule has 0 bridgehead atoms. The molecule has 2 heterocycles. The summed E-state index contributed by atoms with van der Waals surface area (Å²) in [6, 6.07) is 16.1. The summed E-state index contributed by atoms with van der Waals surface area (Å²) in [5.41, 5.74) is 3.15. The fourth-order valence-corrected chi connectivity index (χ4v) is 3.08. The second kappa shape index (κ2) is 6.68. The van der Waals surface area contributed by atoms with Crippen LogP contribution in [0.4, 0.5) is 5.95 Å². The number of hydrogen-bond acceptors (Lipinski definition) is 5. The summed E-state index contributed by atoms with van der Waals surface area (Å²) < 4.78 is 8.34. The van der Waals surface area contributed by atoms with E-state index in [1.807, 2.05) is 43.3 Å². The Morgan fingerprint density at radius 1 is 1.12 bits per heavy atom. The van der Waals surface area contributed by atoms with Crippen LogP contribution in [0, 0.1) is 0 Å². The fourth-order valence-electron chi connectivity index (χ4n) is 2.82. The first kappa shape index (κ1) is 15.8. The predicted molar refractivity (Wildman–Crippen MR) is 99.3 cm³/mol. The molecule has 4 rings (SSSR count). The first-order chi connectivity index (χ1) is 12.2. The van der Waals surface area contributed by atoms with Gasteiger partial charge in [-0.2, -0.15) is 4.68 Å². The lowest BCUT2D eigenvalue weighted by Crippen LogP contribution is -2.20. The fraction of sp³-hybridized carbons (Fsp3) is 0.167. The highest BCUT2D eigenvalue weighted by Gasteiger charge is 2.24. The van der Waals surface area contributed by atoms with E-state index in [0.29, 0.717) is 12.6 Å². The molecule has 0 saturated heterocycles. The Kier molecular flexibility index (Phi) is 4.23. The van der Waals surface area contributed by atoms with Gasteiger partial charge in [-0.25, -0.2) is 0 Å². The lowest BCUT2D eigenvalue weighted by atomic mass is 10.0. The Bertz CT molecular complexity index is 902. The number of benzene rings is 2. The number of tetrazole rings is 1. The summed E-state index contributed by atoms with van der Waals surface area (Å²) in [6.07, 6.45) is 2.13. The van der Waals surface area contributed by atoms with Gasteiger partial charge >= 0.3 is 0 Å². The number of nitrogens with zero attached hydrogens (tertiary/aromatic N) is 4. The monoisotopic (exact) mass is 397 g/mol. The summed E-state index contributed by atoms with van der Waals surface area (Å²) in [7, 11) is 0. The lowest BCUT2D eigenvalue weighted by molar-refractivity contribution is 0.340. The van der Waals surface area contributed by atoms with Gasteiger partial charge in [-0.3, -0.25) is 0 Å². The van der Waals surface area contributed by atoms with E-state index in [0.717, 1.165) is 27.0 Å². The standard InChI is InChI=1S/C18H16BrN5O/c1-2-25-15-9-5-13(6-10-15)17-11-16(12-3-7-14(19)8-4-12)20-18-21-22-23-24(17)18/h3-11,17H,2H2,1H3,(H,20,21,23). The molecule has 1 aliphatic rings. The van der Waals surface area contributed by atoms with Crippen molar-refractivity contribution < 1.29 is 4.74 Å². The topological polar surface area (TPSA) is 64.9 Å². The molecule has 0 fully saturated rings. The smallest absolute Gasteiger partial charge is 0.248 e. The first-order valence-electron chi connectivity index (χ1n) is 8.00. The Morgan fingerprint density at radius 3 is 2.60 bits per heavy atom. The third kappa shape index (κ3) is 3.15. The van der Waals surface area contributed by atoms with Gasteiger partial charge in [0.2, 0.25) is 5.95 Å². The highest BCUT2D eigenvalue weighted by Crippen LogP contribution is 2.32. The van der Waals surface area contributed by atoms with Gasteiger partial charge in [0.1, 0.15) is 11.8 Å². The predicted octanol–water partition coefficient (Wildman–Crippen LogP) is 3.89. The lowest BCUT2D eigenvalue weighted by Gasteiger charge is -2.23. The molecule has 1 atom stereocenters. The van der Waals surface area contributed by atoms with Gasteiger partial charge in [-0.05, 0) is 58.8 Å². The minimum Gasteiger partial charge on any atom is -0.494 e. The molecule has 1 unspecified atom stereocenters. The van der Waals surface area contributed by atoms with Gasteiger partial charge in [0, 0.05) is 10.2 Å². The third-order valence-electron chi connectivity index (χ3n) is 4.02. The zero-order valence-electron chi connectivity index (χ0n) is 13.6. The molecule has 0 spiro atoms. The molecule has 0 aliphatic carbocycles. The van der Waals surface area contributed by atoms with Crippen molar-refractivity contribution in [2.45, 2.75) is 13.0 Å². The van der Waals surface area contributed by atoms with Crippen LogP contribution >= 0.6 is 15.9 Å². The van der Waals surface area contributed by atoms with Crippen LogP contribution in [0.1, 0.15) is 24.1 Å². The second-order valence-electron chi connectivity index (χ2n) is 5.61. The van der Waals surface area contributed by atoms with Crippen LogP contribution in [0.2, 0.25) is 0 Å². The van der Waals surface area contributed by atoms with Gasteiger partial charge in [0.25, 0.3) is 0 Å². The molecule has 3 aromatic rings. The number of ether oxygens (including phenoxy) is 1. The average molecular weight is 398 g/mol. The summed E-state index contributed by atoms with van der Waals surface area (Å²) in [6.45, 7) is 2.62. The highest BCUT2D eigenvalue weighted by atomic mass is 79.9. The molecule has 25 heavy (non-hydrogen) atoms. The quantitative estimate of drug-likeness (QED) is 0.723. The van der Waals surface area contributed by atoms with E-state index in [2.05, 4.69) is 55.0 Å². The average Bonchev–Trinajstić information content (AvgIpc) is 3.11. The van der Waals surface area contributed by atoms with E-state index < -0.39 is 0 Å². The number of fused-ring (bicyclic) bond motifs is 1. The number of halogens is 1. The van der Waals surface area contributed by atoms with Crippen molar-refractivity contribution in [1.82, 2.24) is 20.2 Å². The van der Waals surface area contributed by atoms with Crippen LogP contribution in [0.15, 0.2) is 59.1 Å². The normalized spacial score (nSPS) is 15.9. The van der Waals surface area contributed by atoms with Crippen molar-refractivity contribution in [3.8, 4) is 5.75 Å². The maximum atomic E-state index is 5.52. The molecule has 1 N–H and O–H groups in total. The van der Waals surface area contributed by atoms with Crippen LogP contribution < -0.4 is 10.1 Å². The second-order valence-corrected chi connectivity index (χ2v) is 6.52. The SMILES string of the molecule is CCOc1ccc(C2C=C(c3ccc(Br)cc3)Nc3nnnn32)cc1. The van der Waals surface area contributed by atoms with Crippen molar-refractivity contribution in [3.05, 3.63) is 70.2 Å². The van der Waals surface area contributed by atoms with Crippen LogP contribution in [-0.4, -0.2) is 26.8 Å². The van der Waals surface area contributed by atoms with E-state index >= 15 is 0 Å². The Labute approximate surface area is 153 Å². The summed E-state index contributed by atoms with van der Waals surface area (Å²) in [4.78, 5) is 0. The van der Waals surface area contributed by atoms with E-state index in [1.165, 1.54) is 0 Å². The molecule has 0 radical (unpaired) electrons. The maximum absolute atomic E-state index is 5.52.